The van der Waals surface area contributed by atoms with E-state index in [4.69, 9.17) is 4.42 Å². The van der Waals surface area contributed by atoms with Crippen LogP contribution in [0, 0.1) is 0 Å². The second kappa shape index (κ2) is 11.5. The molecule has 0 saturated heterocycles. The van der Waals surface area contributed by atoms with E-state index in [-0.39, 0.29) is 5.41 Å². The molecule has 0 bridgehead atoms. The fraction of sp³-hybridized carbons (Fsp3) is 0.0545. The first-order valence-corrected chi connectivity index (χ1v) is 19.6. The van der Waals surface area contributed by atoms with Gasteiger partial charge >= 0.3 is 0 Å². The van der Waals surface area contributed by atoms with Crippen molar-refractivity contribution in [1.82, 2.24) is 0 Å². The maximum atomic E-state index is 6.61. The van der Waals surface area contributed by atoms with Gasteiger partial charge in [0.1, 0.15) is 11.2 Å². The summed E-state index contributed by atoms with van der Waals surface area (Å²) in [5.41, 5.74) is 14.5. The second-order valence-corrected chi connectivity index (χ2v) is 16.0. The Morgan fingerprint density at radius 3 is 1.64 bits per heavy atom. The minimum Gasteiger partial charge on any atom is -0.456 e. The van der Waals surface area contributed by atoms with E-state index in [0.29, 0.717) is 0 Å². The first-order chi connectivity index (χ1) is 27.5. The lowest BCUT2D eigenvalue weighted by Crippen LogP contribution is -2.14. The highest BCUT2D eigenvalue weighted by atomic mass is 16.3. The average Bonchev–Trinajstić information content (AvgIpc) is 3.72. The number of benzene rings is 10. The molecule has 1 aliphatic rings. The largest absolute Gasteiger partial charge is 0.456 e. The predicted molar refractivity (Wildman–Crippen MR) is 238 cm³/mol. The Morgan fingerprint density at radius 1 is 0.321 bits per heavy atom. The van der Waals surface area contributed by atoms with Gasteiger partial charge in [0, 0.05) is 16.2 Å². The molecule has 0 radical (unpaired) electrons. The van der Waals surface area contributed by atoms with Crippen molar-refractivity contribution in [3.8, 4) is 44.5 Å². The molecule has 10 aromatic carbocycles. The molecule has 1 aromatic heterocycles. The van der Waals surface area contributed by atoms with Gasteiger partial charge in [-0.05, 0) is 129 Å². The van der Waals surface area contributed by atoms with Gasteiger partial charge < -0.3 is 4.42 Å². The number of rotatable bonds is 3. The van der Waals surface area contributed by atoms with Gasteiger partial charge in [0.2, 0.25) is 0 Å². The van der Waals surface area contributed by atoms with Crippen LogP contribution in [0.25, 0.3) is 110 Å². The molecular formula is C55H36O. The van der Waals surface area contributed by atoms with E-state index >= 15 is 0 Å². The Balaban J connectivity index is 1.04. The number of furan rings is 1. The summed E-state index contributed by atoms with van der Waals surface area (Å²) in [5.74, 6) is 0. The van der Waals surface area contributed by atoms with Crippen LogP contribution in [0.1, 0.15) is 25.0 Å². The molecule has 262 valence electrons. The normalized spacial score (nSPS) is 13.3. The van der Waals surface area contributed by atoms with Gasteiger partial charge in [-0.15, -0.1) is 0 Å². The van der Waals surface area contributed by atoms with E-state index in [1.54, 1.807) is 0 Å². The van der Waals surface area contributed by atoms with E-state index in [1.165, 1.54) is 98.7 Å². The van der Waals surface area contributed by atoms with Crippen molar-refractivity contribution in [1.29, 1.82) is 0 Å². The molecule has 1 heteroatoms. The van der Waals surface area contributed by atoms with Crippen LogP contribution < -0.4 is 0 Å². The fourth-order valence-corrected chi connectivity index (χ4v) is 9.98. The van der Waals surface area contributed by atoms with E-state index in [9.17, 15) is 0 Å². The van der Waals surface area contributed by atoms with Crippen molar-refractivity contribution >= 4 is 65.0 Å². The van der Waals surface area contributed by atoms with Gasteiger partial charge in [0.15, 0.2) is 0 Å². The highest BCUT2D eigenvalue weighted by molar-refractivity contribution is 6.23. The third-order valence-electron chi connectivity index (χ3n) is 12.6. The fourth-order valence-electron chi connectivity index (χ4n) is 9.98. The molecule has 0 aliphatic heterocycles. The molecule has 1 nitrogen and oxygen atoms in total. The summed E-state index contributed by atoms with van der Waals surface area (Å²) in [5, 5.41) is 12.5. The van der Waals surface area contributed by atoms with Crippen LogP contribution in [0.5, 0.6) is 0 Å². The first kappa shape index (κ1) is 31.4. The minimum atomic E-state index is -0.116. The van der Waals surface area contributed by atoms with Gasteiger partial charge in [0.05, 0.1) is 0 Å². The van der Waals surface area contributed by atoms with E-state index in [0.717, 1.165) is 21.9 Å². The Kier molecular flexibility index (Phi) is 6.46. The van der Waals surface area contributed by atoms with Gasteiger partial charge in [-0.25, -0.2) is 0 Å². The molecule has 0 atom stereocenters. The lowest BCUT2D eigenvalue weighted by molar-refractivity contribution is 0.647. The molecule has 0 saturated carbocycles. The predicted octanol–water partition coefficient (Wildman–Crippen LogP) is 15.5. The zero-order chi connectivity index (χ0) is 37.1. The van der Waals surface area contributed by atoms with Crippen LogP contribution in [0.3, 0.4) is 0 Å². The summed E-state index contributed by atoms with van der Waals surface area (Å²) in [6.07, 6.45) is 0. The number of hydrogen-bond acceptors (Lipinski definition) is 1. The molecule has 12 rings (SSSR count). The Bertz CT molecular complexity index is 3390. The van der Waals surface area contributed by atoms with E-state index < -0.39 is 0 Å². The monoisotopic (exact) mass is 712 g/mol. The van der Waals surface area contributed by atoms with Crippen molar-refractivity contribution in [2.24, 2.45) is 0 Å². The summed E-state index contributed by atoms with van der Waals surface area (Å²) in [6, 6.07) is 67.1. The SMILES string of the molecule is CC1(C)c2cc3oc4ccc(-c5cccc(-c6c7ccccc7c(-c7cccc8ccccc78)c7ccccc67)c5)cc4c3cc2-c2c1ccc1ccccc21. The van der Waals surface area contributed by atoms with Crippen molar-refractivity contribution in [3.63, 3.8) is 0 Å². The Hall–Kier alpha value is -6.96. The molecule has 0 unspecified atom stereocenters. The van der Waals surface area contributed by atoms with Crippen LogP contribution in [0.2, 0.25) is 0 Å². The van der Waals surface area contributed by atoms with Gasteiger partial charge in [-0.1, -0.05) is 166 Å². The topological polar surface area (TPSA) is 13.1 Å². The molecule has 11 aromatic rings. The maximum absolute atomic E-state index is 6.61. The summed E-state index contributed by atoms with van der Waals surface area (Å²) in [7, 11) is 0. The van der Waals surface area contributed by atoms with Gasteiger partial charge in [0.25, 0.3) is 0 Å². The lowest BCUT2D eigenvalue weighted by atomic mass is 9.82. The molecule has 0 fully saturated rings. The van der Waals surface area contributed by atoms with Gasteiger partial charge in [-0.3, -0.25) is 0 Å². The summed E-state index contributed by atoms with van der Waals surface area (Å²) < 4.78 is 6.61. The van der Waals surface area contributed by atoms with Crippen LogP contribution in [-0.4, -0.2) is 0 Å². The zero-order valence-corrected chi connectivity index (χ0v) is 31.2. The average molecular weight is 713 g/mol. The number of fused-ring (bicyclic) bond motifs is 11. The quantitative estimate of drug-likeness (QED) is 0.166. The first-order valence-electron chi connectivity index (χ1n) is 19.6. The van der Waals surface area contributed by atoms with Crippen molar-refractivity contribution in [2.75, 3.05) is 0 Å². The maximum Gasteiger partial charge on any atom is 0.135 e. The molecule has 0 N–H and O–H groups in total. The smallest absolute Gasteiger partial charge is 0.135 e. The van der Waals surface area contributed by atoms with Crippen molar-refractivity contribution < 1.29 is 4.42 Å². The van der Waals surface area contributed by atoms with Crippen LogP contribution in [-0.2, 0) is 5.41 Å². The second-order valence-electron chi connectivity index (χ2n) is 16.0. The highest BCUT2D eigenvalue weighted by Crippen LogP contribution is 2.53. The van der Waals surface area contributed by atoms with E-state index in [1.807, 2.05) is 0 Å². The summed E-state index contributed by atoms with van der Waals surface area (Å²) in [4.78, 5) is 0. The molecule has 0 amide bonds. The van der Waals surface area contributed by atoms with Crippen LogP contribution in [0.4, 0.5) is 0 Å². The lowest BCUT2D eigenvalue weighted by Gasteiger charge is -2.21. The van der Waals surface area contributed by atoms with E-state index in [2.05, 4.69) is 196 Å². The third kappa shape index (κ3) is 4.37. The summed E-state index contributed by atoms with van der Waals surface area (Å²) >= 11 is 0. The Labute approximate surface area is 325 Å². The number of hydrogen-bond donors (Lipinski definition) is 0. The van der Waals surface area contributed by atoms with Crippen LogP contribution in [0.15, 0.2) is 186 Å². The molecular weight excluding hydrogens is 677 g/mol. The van der Waals surface area contributed by atoms with Crippen LogP contribution >= 0.6 is 0 Å². The highest BCUT2D eigenvalue weighted by Gasteiger charge is 2.37. The standard InChI is InChI=1S/C55H36O/c1-55(2)48-27-25-34-14-4-6-19-39(34)54(48)47-31-46-45-30-36(26-28-50(45)56-51(46)32-49(47)55)35-16-11-17-37(29-35)52-41-20-7-9-22-43(41)53(44-23-10-8-21-42(44)52)40-24-12-15-33-13-3-5-18-38(33)40/h3-32H,1-2H3. The minimum absolute atomic E-state index is 0.116. The van der Waals surface area contributed by atoms with Crippen molar-refractivity contribution in [3.05, 3.63) is 193 Å². The molecule has 1 aliphatic carbocycles. The van der Waals surface area contributed by atoms with Gasteiger partial charge in [-0.2, -0.15) is 0 Å². The zero-order valence-electron chi connectivity index (χ0n) is 31.2. The molecule has 0 spiro atoms. The molecule has 56 heavy (non-hydrogen) atoms. The summed E-state index contributed by atoms with van der Waals surface area (Å²) in [6.45, 7) is 4.69. The molecule has 1 heterocycles. The third-order valence-corrected chi connectivity index (χ3v) is 12.6. The van der Waals surface area contributed by atoms with Crippen molar-refractivity contribution in [2.45, 2.75) is 19.3 Å². The Morgan fingerprint density at radius 2 is 0.893 bits per heavy atom.